The van der Waals surface area contributed by atoms with E-state index in [-0.39, 0.29) is 11.8 Å². The average molecular weight is 371 g/mol. The van der Waals surface area contributed by atoms with Crippen molar-refractivity contribution in [3.63, 3.8) is 0 Å². The minimum atomic E-state index is -0.106. The van der Waals surface area contributed by atoms with E-state index in [1.165, 1.54) is 16.9 Å². The van der Waals surface area contributed by atoms with Crippen LogP contribution in [0.5, 0.6) is 0 Å². The van der Waals surface area contributed by atoms with Gasteiger partial charge in [0.25, 0.3) is 5.91 Å². The standard InChI is InChI=1S/C21H26N2O2S/c1-23(20(24)11-13-22-21(25)18-12-14-26-15-18)19-9-7-17(8-10-19)16-5-3-2-4-6-16/h2-6,12,14-15,17,19H,7-11,13H2,1H3,(H,22,25). The zero-order valence-electron chi connectivity index (χ0n) is 15.2. The molecular formula is C21H26N2O2S. The number of nitrogens with one attached hydrogen (secondary N) is 1. The lowest BCUT2D eigenvalue weighted by Gasteiger charge is -2.35. The van der Waals surface area contributed by atoms with Crippen LogP contribution in [0.2, 0.25) is 0 Å². The maximum atomic E-state index is 12.4. The summed E-state index contributed by atoms with van der Waals surface area (Å²) in [6.45, 7) is 0.386. The van der Waals surface area contributed by atoms with Crippen LogP contribution in [0.3, 0.4) is 0 Å². The van der Waals surface area contributed by atoms with Gasteiger partial charge in [-0.15, -0.1) is 0 Å². The molecule has 5 heteroatoms. The molecule has 1 heterocycles. The highest BCUT2D eigenvalue weighted by Gasteiger charge is 2.27. The van der Waals surface area contributed by atoms with Gasteiger partial charge in [0.2, 0.25) is 5.91 Å². The van der Waals surface area contributed by atoms with Gasteiger partial charge in [0.05, 0.1) is 0 Å². The fourth-order valence-electron chi connectivity index (χ4n) is 3.68. The third-order valence-electron chi connectivity index (χ3n) is 5.32. The van der Waals surface area contributed by atoms with Gasteiger partial charge >= 0.3 is 0 Å². The lowest BCUT2D eigenvalue weighted by molar-refractivity contribution is -0.132. The normalized spacial score (nSPS) is 19.7. The van der Waals surface area contributed by atoms with Crippen LogP contribution in [-0.2, 0) is 4.79 Å². The highest BCUT2D eigenvalue weighted by Crippen LogP contribution is 2.34. The van der Waals surface area contributed by atoms with Crippen LogP contribution < -0.4 is 5.32 Å². The van der Waals surface area contributed by atoms with Gasteiger partial charge in [-0.05, 0) is 48.6 Å². The Balaban J connectivity index is 1.41. The van der Waals surface area contributed by atoms with E-state index in [2.05, 4.69) is 35.6 Å². The zero-order chi connectivity index (χ0) is 18.4. The fraction of sp³-hybridized carbons (Fsp3) is 0.429. The predicted octanol–water partition coefficient (Wildman–Crippen LogP) is 4.05. The van der Waals surface area contributed by atoms with Gasteiger partial charge in [-0.25, -0.2) is 0 Å². The molecular weight excluding hydrogens is 344 g/mol. The minimum Gasteiger partial charge on any atom is -0.351 e. The highest BCUT2D eigenvalue weighted by atomic mass is 32.1. The Morgan fingerprint density at radius 3 is 2.50 bits per heavy atom. The van der Waals surface area contributed by atoms with E-state index in [0.29, 0.717) is 30.5 Å². The SMILES string of the molecule is CN(C(=O)CCNC(=O)c1ccsc1)C1CCC(c2ccccc2)CC1. The van der Waals surface area contributed by atoms with Crippen LogP contribution in [-0.4, -0.2) is 36.3 Å². The number of hydrogen-bond acceptors (Lipinski definition) is 3. The monoisotopic (exact) mass is 370 g/mol. The van der Waals surface area contributed by atoms with Crippen molar-refractivity contribution in [2.75, 3.05) is 13.6 Å². The Morgan fingerprint density at radius 2 is 1.85 bits per heavy atom. The van der Waals surface area contributed by atoms with Gasteiger partial charge in [-0.3, -0.25) is 9.59 Å². The van der Waals surface area contributed by atoms with Crippen molar-refractivity contribution in [2.24, 2.45) is 0 Å². The number of nitrogens with zero attached hydrogens (tertiary/aromatic N) is 1. The van der Waals surface area contributed by atoms with E-state index in [4.69, 9.17) is 0 Å². The van der Waals surface area contributed by atoms with Gasteiger partial charge in [-0.1, -0.05) is 30.3 Å². The molecule has 2 amide bonds. The summed E-state index contributed by atoms with van der Waals surface area (Å²) < 4.78 is 0. The number of benzene rings is 1. The van der Waals surface area contributed by atoms with Crippen LogP contribution >= 0.6 is 11.3 Å². The first-order valence-electron chi connectivity index (χ1n) is 9.26. The maximum Gasteiger partial charge on any atom is 0.252 e. The Hall–Kier alpha value is -2.14. The smallest absolute Gasteiger partial charge is 0.252 e. The quantitative estimate of drug-likeness (QED) is 0.834. The molecule has 4 nitrogen and oxygen atoms in total. The number of carbonyl (C=O) groups is 2. The summed E-state index contributed by atoms with van der Waals surface area (Å²) in [6.07, 6.45) is 4.69. The topological polar surface area (TPSA) is 49.4 Å². The van der Waals surface area contributed by atoms with E-state index in [9.17, 15) is 9.59 Å². The third kappa shape index (κ3) is 4.73. The number of hydrogen-bond donors (Lipinski definition) is 1. The van der Waals surface area contributed by atoms with Crippen molar-refractivity contribution in [3.8, 4) is 0 Å². The molecule has 1 aliphatic rings. The van der Waals surface area contributed by atoms with Crippen LogP contribution in [0.25, 0.3) is 0 Å². The van der Waals surface area contributed by atoms with E-state index >= 15 is 0 Å². The Kier molecular flexibility index (Phi) is 6.45. The molecule has 2 aromatic rings. The molecule has 1 aromatic heterocycles. The van der Waals surface area contributed by atoms with Gasteiger partial charge < -0.3 is 10.2 Å². The van der Waals surface area contributed by atoms with Gasteiger partial charge in [0.15, 0.2) is 0 Å². The van der Waals surface area contributed by atoms with Gasteiger partial charge in [-0.2, -0.15) is 11.3 Å². The second-order valence-electron chi connectivity index (χ2n) is 6.94. The molecule has 26 heavy (non-hydrogen) atoms. The first kappa shape index (κ1) is 18.6. The molecule has 1 fully saturated rings. The summed E-state index contributed by atoms with van der Waals surface area (Å²) in [7, 11) is 1.90. The van der Waals surface area contributed by atoms with E-state index in [1.54, 1.807) is 6.07 Å². The molecule has 0 unspecified atom stereocenters. The first-order chi connectivity index (χ1) is 12.6. The lowest BCUT2D eigenvalue weighted by atomic mass is 9.81. The second-order valence-corrected chi connectivity index (χ2v) is 7.72. The Morgan fingerprint density at radius 1 is 1.12 bits per heavy atom. The number of amides is 2. The third-order valence-corrected chi connectivity index (χ3v) is 6.00. The summed E-state index contributed by atoms with van der Waals surface area (Å²) in [4.78, 5) is 26.2. The molecule has 0 radical (unpaired) electrons. The summed E-state index contributed by atoms with van der Waals surface area (Å²) in [5, 5.41) is 6.51. The van der Waals surface area contributed by atoms with Crippen molar-refractivity contribution in [1.29, 1.82) is 0 Å². The summed E-state index contributed by atoms with van der Waals surface area (Å²) in [6, 6.07) is 12.8. The zero-order valence-corrected chi connectivity index (χ0v) is 16.0. The Labute approximate surface area is 159 Å². The molecule has 1 N–H and O–H groups in total. The maximum absolute atomic E-state index is 12.4. The molecule has 0 atom stereocenters. The van der Waals surface area contributed by atoms with E-state index < -0.39 is 0 Å². The number of rotatable bonds is 6. The summed E-state index contributed by atoms with van der Waals surface area (Å²) in [5.74, 6) is 0.615. The summed E-state index contributed by atoms with van der Waals surface area (Å²) >= 11 is 1.49. The van der Waals surface area contributed by atoms with Crippen molar-refractivity contribution in [2.45, 2.75) is 44.1 Å². The first-order valence-corrected chi connectivity index (χ1v) is 10.2. The molecule has 3 rings (SSSR count). The van der Waals surface area contributed by atoms with Crippen molar-refractivity contribution in [1.82, 2.24) is 10.2 Å². The number of thiophene rings is 1. The van der Waals surface area contributed by atoms with E-state index in [0.717, 1.165) is 25.7 Å². The number of carbonyl (C=O) groups excluding carboxylic acids is 2. The molecule has 0 bridgehead atoms. The van der Waals surface area contributed by atoms with Gasteiger partial charge in [0.1, 0.15) is 0 Å². The van der Waals surface area contributed by atoms with E-state index in [1.807, 2.05) is 22.7 Å². The molecule has 1 aromatic carbocycles. The minimum absolute atomic E-state index is 0.106. The lowest BCUT2D eigenvalue weighted by Crippen LogP contribution is -2.40. The van der Waals surface area contributed by atoms with Crippen molar-refractivity contribution >= 4 is 23.2 Å². The molecule has 0 spiro atoms. The Bertz CT molecular complexity index is 707. The van der Waals surface area contributed by atoms with Crippen LogP contribution in [0, 0.1) is 0 Å². The van der Waals surface area contributed by atoms with Crippen LogP contribution in [0.1, 0.15) is 53.9 Å². The van der Waals surface area contributed by atoms with Crippen LogP contribution in [0.15, 0.2) is 47.2 Å². The van der Waals surface area contributed by atoms with Crippen molar-refractivity contribution in [3.05, 3.63) is 58.3 Å². The van der Waals surface area contributed by atoms with Crippen molar-refractivity contribution < 1.29 is 9.59 Å². The molecule has 1 saturated carbocycles. The molecule has 1 aliphatic carbocycles. The molecule has 0 aliphatic heterocycles. The second kappa shape index (κ2) is 8.99. The molecule has 138 valence electrons. The largest absolute Gasteiger partial charge is 0.351 e. The molecule has 0 saturated heterocycles. The average Bonchev–Trinajstić information content (AvgIpc) is 3.23. The highest BCUT2D eigenvalue weighted by molar-refractivity contribution is 7.08. The summed E-state index contributed by atoms with van der Waals surface area (Å²) in [5.41, 5.74) is 2.08. The van der Waals surface area contributed by atoms with Crippen LogP contribution in [0.4, 0.5) is 0 Å². The van der Waals surface area contributed by atoms with Gasteiger partial charge in [0, 0.05) is 37.0 Å². The predicted molar refractivity (Wildman–Crippen MR) is 105 cm³/mol. The fourth-order valence-corrected chi connectivity index (χ4v) is 4.32.